The molecule has 2 rings (SSSR count). The van der Waals surface area contributed by atoms with Crippen LogP contribution in [0.2, 0.25) is 0 Å². The van der Waals surface area contributed by atoms with Gasteiger partial charge in [-0.25, -0.2) is 13.6 Å². The van der Waals surface area contributed by atoms with Crippen molar-refractivity contribution < 1.29 is 18.3 Å². The van der Waals surface area contributed by atoms with Gasteiger partial charge in [-0.3, -0.25) is 4.79 Å². The molecule has 0 spiro atoms. The fraction of sp³-hybridized carbons (Fsp3) is 0.583. The Hall–Kier alpha value is -1.38. The van der Waals surface area contributed by atoms with Crippen LogP contribution in [0, 0.1) is 5.92 Å². The van der Waals surface area contributed by atoms with E-state index in [2.05, 4.69) is 0 Å². The van der Waals surface area contributed by atoms with Crippen molar-refractivity contribution in [3.63, 3.8) is 0 Å². The Morgan fingerprint density at radius 2 is 2.15 bits per heavy atom. The lowest BCUT2D eigenvalue weighted by Gasteiger charge is -2.34. The maximum Gasteiger partial charge on any atom is 0.270 e. The molecule has 1 aromatic heterocycles. The predicted molar refractivity (Wildman–Crippen MR) is 72.5 cm³/mol. The summed E-state index contributed by atoms with van der Waals surface area (Å²) in [7, 11) is -0.549. The average Bonchev–Trinajstić information content (AvgIpc) is 2.68. The molecule has 0 aromatic carbocycles. The van der Waals surface area contributed by atoms with Gasteiger partial charge < -0.3 is 14.6 Å². The third-order valence-corrected chi connectivity index (χ3v) is 4.50. The first-order valence-electron chi connectivity index (χ1n) is 6.31. The first-order valence-corrected chi connectivity index (χ1v) is 7.86. The number of aliphatic hydroxyl groups excluding tert-OH is 1. The third kappa shape index (κ3) is 3.02. The van der Waals surface area contributed by atoms with Gasteiger partial charge >= 0.3 is 0 Å². The van der Waals surface area contributed by atoms with Crippen molar-refractivity contribution in [1.29, 1.82) is 0 Å². The predicted octanol–water partition coefficient (Wildman–Crippen LogP) is -0.485. The molecular formula is C12H19N3O4S. The SMILES string of the molecule is CN(CC1CC(O)C1)C(=O)c1cc(S(N)(=O)=O)cn1C. The highest BCUT2D eigenvalue weighted by molar-refractivity contribution is 7.89. The van der Waals surface area contributed by atoms with E-state index in [9.17, 15) is 18.3 Å². The van der Waals surface area contributed by atoms with Crippen LogP contribution < -0.4 is 5.14 Å². The van der Waals surface area contributed by atoms with Crippen molar-refractivity contribution in [2.24, 2.45) is 18.1 Å². The number of carbonyl (C=O) groups excluding carboxylic acids is 1. The normalized spacial score (nSPS) is 22.4. The summed E-state index contributed by atoms with van der Waals surface area (Å²) in [5.74, 6) is 0.0423. The van der Waals surface area contributed by atoms with Gasteiger partial charge in [0.15, 0.2) is 0 Å². The van der Waals surface area contributed by atoms with Crippen LogP contribution in [0.1, 0.15) is 23.3 Å². The van der Waals surface area contributed by atoms with Crippen molar-refractivity contribution in [3.05, 3.63) is 18.0 Å². The molecule has 1 aliphatic rings. The van der Waals surface area contributed by atoms with Crippen molar-refractivity contribution in [1.82, 2.24) is 9.47 Å². The second-order valence-corrected chi connectivity index (χ2v) is 6.96. The number of amides is 1. The first kappa shape index (κ1) is 15.0. The van der Waals surface area contributed by atoms with Crippen LogP contribution in [0.15, 0.2) is 17.2 Å². The number of primary sulfonamides is 1. The zero-order chi connectivity index (χ0) is 15.1. The van der Waals surface area contributed by atoms with Crippen LogP contribution in [0.25, 0.3) is 0 Å². The van der Waals surface area contributed by atoms with Gasteiger partial charge in [-0.2, -0.15) is 0 Å². The summed E-state index contributed by atoms with van der Waals surface area (Å²) in [6.07, 6.45) is 2.47. The third-order valence-electron chi connectivity index (χ3n) is 3.62. The minimum atomic E-state index is -3.81. The summed E-state index contributed by atoms with van der Waals surface area (Å²) in [6.45, 7) is 0.547. The Balaban J connectivity index is 2.10. The van der Waals surface area contributed by atoms with E-state index in [4.69, 9.17) is 5.14 Å². The molecule has 1 fully saturated rings. The molecule has 1 heterocycles. The molecule has 7 nitrogen and oxygen atoms in total. The number of nitrogens with two attached hydrogens (primary N) is 1. The molecule has 0 radical (unpaired) electrons. The zero-order valence-electron chi connectivity index (χ0n) is 11.5. The number of rotatable bonds is 4. The Bertz CT molecular complexity index is 617. The first-order chi connectivity index (χ1) is 9.18. The fourth-order valence-electron chi connectivity index (χ4n) is 2.42. The molecule has 3 N–H and O–H groups in total. The Kier molecular flexibility index (Phi) is 3.90. The lowest BCUT2D eigenvalue weighted by atomic mass is 9.82. The van der Waals surface area contributed by atoms with E-state index in [1.807, 2.05) is 0 Å². The van der Waals surface area contributed by atoms with Gasteiger partial charge in [0.05, 0.1) is 6.10 Å². The second kappa shape index (κ2) is 5.19. The van der Waals surface area contributed by atoms with Crippen LogP contribution in [0.3, 0.4) is 0 Å². The molecule has 1 aromatic rings. The standard InChI is InChI=1S/C12H19N3O4S/c1-14-7-10(20(13,18)19)5-11(14)12(17)15(2)6-8-3-9(16)4-8/h5,7-9,16H,3-4,6H2,1-2H3,(H2,13,18,19). The van der Waals surface area contributed by atoms with Gasteiger partial charge in [-0.1, -0.05) is 0 Å². The minimum Gasteiger partial charge on any atom is -0.393 e. The monoisotopic (exact) mass is 301 g/mol. The quantitative estimate of drug-likeness (QED) is 0.783. The average molecular weight is 301 g/mol. The number of aryl methyl sites for hydroxylation is 1. The highest BCUT2D eigenvalue weighted by Gasteiger charge is 2.30. The number of nitrogens with zero attached hydrogens (tertiary/aromatic N) is 2. The van der Waals surface area contributed by atoms with Gasteiger partial charge in [0.2, 0.25) is 10.0 Å². The summed E-state index contributed by atoms with van der Waals surface area (Å²) in [5, 5.41) is 14.3. The number of carbonyl (C=O) groups is 1. The van der Waals surface area contributed by atoms with E-state index < -0.39 is 10.0 Å². The van der Waals surface area contributed by atoms with Gasteiger partial charge in [-0.15, -0.1) is 0 Å². The second-order valence-electron chi connectivity index (χ2n) is 5.39. The zero-order valence-corrected chi connectivity index (χ0v) is 12.3. The summed E-state index contributed by atoms with van der Waals surface area (Å²) in [5.41, 5.74) is 0.274. The van der Waals surface area contributed by atoms with E-state index in [1.165, 1.54) is 16.8 Å². The molecule has 0 aliphatic heterocycles. The maximum absolute atomic E-state index is 12.3. The molecule has 0 bridgehead atoms. The Morgan fingerprint density at radius 1 is 1.55 bits per heavy atom. The molecular weight excluding hydrogens is 282 g/mol. The van der Waals surface area contributed by atoms with Crippen LogP contribution in [-0.2, 0) is 17.1 Å². The molecule has 0 unspecified atom stereocenters. The highest BCUT2D eigenvalue weighted by atomic mass is 32.2. The summed E-state index contributed by atoms with van der Waals surface area (Å²) in [6, 6.07) is 1.28. The molecule has 0 saturated heterocycles. The van der Waals surface area contributed by atoms with E-state index in [1.54, 1.807) is 19.0 Å². The van der Waals surface area contributed by atoms with Crippen molar-refractivity contribution in [2.45, 2.75) is 23.8 Å². The number of sulfonamides is 1. The number of aliphatic hydroxyl groups is 1. The number of aromatic nitrogens is 1. The topological polar surface area (TPSA) is 106 Å². The molecule has 1 aliphatic carbocycles. The number of hydrogen-bond donors (Lipinski definition) is 2. The van der Waals surface area contributed by atoms with Gasteiger partial charge in [-0.05, 0) is 24.8 Å². The molecule has 8 heteroatoms. The van der Waals surface area contributed by atoms with Crippen molar-refractivity contribution in [2.75, 3.05) is 13.6 Å². The lowest BCUT2D eigenvalue weighted by molar-refractivity contribution is 0.0263. The van der Waals surface area contributed by atoms with E-state index in [0.29, 0.717) is 25.3 Å². The van der Waals surface area contributed by atoms with Crippen LogP contribution in [0.4, 0.5) is 0 Å². The van der Waals surface area contributed by atoms with E-state index in [0.717, 1.165) is 0 Å². The fourth-order valence-corrected chi connectivity index (χ4v) is 3.00. The maximum atomic E-state index is 12.3. The van der Waals surface area contributed by atoms with Gasteiger partial charge in [0.1, 0.15) is 10.6 Å². The highest BCUT2D eigenvalue weighted by Crippen LogP contribution is 2.28. The minimum absolute atomic E-state index is 0.0733. The smallest absolute Gasteiger partial charge is 0.270 e. The lowest BCUT2D eigenvalue weighted by Crippen LogP contribution is -2.39. The van der Waals surface area contributed by atoms with Gasteiger partial charge in [0.25, 0.3) is 5.91 Å². The van der Waals surface area contributed by atoms with Crippen LogP contribution >= 0.6 is 0 Å². The summed E-state index contributed by atoms with van der Waals surface area (Å²) >= 11 is 0. The summed E-state index contributed by atoms with van der Waals surface area (Å²) < 4.78 is 24.0. The van der Waals surface area contributed by atoms with E-state index in [-0.39, 0.29) is 22.6 Å². The molecule has 0 atom stereocenters. The summed E-state index contributed by atoms with van der Waals surface area (Å²) in [4.78, 5) is 13.7. The molecule has 112 valence electrons. The van der Waals surface area contributed by atoms with Crippen LogP contribution in [0.5, 0.6) is 0 Å². The largest absolute Gasteiger partial charge is 0.393 e. The van der Waals surface area contributed by atoms with Crippen LogP contribution in [-0.4, -0.2) is 48.6 Å². The van der Waals surface area contributed by atoms with E-state index >= 15 is 0 Å². The molecule has 20 heavy (non-hydrogen) atoms. The van der Waals surface area contributed by atoms with Crippen molar-refractivity contribution in [3.8, 4) is 0 Å². The van der Waals surface area contributed by atoms with Crippen molar-refractivity contribution >= 4 is 15.9 Å². The Morgan fingerprint density at radius 3 is 2.60 bits per heavy atom. The molecule has 1 saturated carbocycles. The molecule has 1 amide bonds. The van der Waals surface area contributed by atoms with Gasteiger partial charge in [0, 0.05) is 26.8 Å². The Labute approximate surface area is 118 Å². The number of hydrogen-bond acceptors (Lipinski definition) is 4.